The summed E-state index contributed by atoms with van der Waals surface area (Å²) in [7, 11) is 0. The van der Waals surface area contributed by atoms with Gasteiger partial charge in [0.2, 0.25) is 0 Å². The number of rotatable bonds is 3. The van der Waals surface area contributed by atoms with Gasteiger partial charge in [-0.15, -0.1) is 11.3 Å². The number of hydrogen-bond donors (Lipinski definition) is 0. The summed E-state index contributed by atoms with van der Waals surface area (Å²) in [4.78, 5) is 5.11. The lowest BCUT2D eigenvalue weighted by Gasteiger charge is -1.99. The third-order valence-electron chi connectivity index (χ3n) is 1.30. The first kappa shape index (κ1) is 8.69. The van der Waals surface area contributed by atoms with Gasteiger partial charge in [0.1, 0.15) is 0 Å². The van der Waals surface area contributed by atoms with Crippen molar-refractivity contribution in [1.29, 1.82) is 5.26 Å². The van der Waals surface area contributed by atoms with Gasteiger partial charge in [-0.1, -0.05) is 15.9 Å². The van der Waals surface area contributed by atoms with Crippen LogP contribution in [0.5, 0.6) is 0 Å². The van der Waals surface area contributed by atoms with Crippen LogP contribution in [0.3, 0.4) is 0 Å². The number of aromatic nitrogens is 1. The molecule has 1 rings (SSSR count). The van der Waals surface area contributed by atoms with Crippen molar-refractivity contribution in [1.82, 2.24) is 4.98 Å². The van der Waals surface area contributed by atoms with E-state index < -0.39 is 0 Å². The van der Waals surface area contributed by atoms with Crippen molar-refractivity contribution in [3.63, 3.8) is 0 Å². The van der Waals surface area contributed by atoms with Crippen LogP contribution >= 0.6 is 27.3 Å². The highest BCUT2D eigenvalue weighted by atomic mass is 79.9. The molecule has 0 radical (unpaired) electrons. The third-order valence-corrected chi connectivity index (χ3v) is 2.88. The van der Waals surface area contributed by atoms with Crippen LogP contribution in [0.2, 0.25) is 0 Å². The monoisotopic (exact) mass is 230 g/mol. The van der Waals surface area contributed by atoms with Gasteiger partial charge in [-0.25, -0.2) is 0 Å². The first-order valence-electron chi connectivity index (χ1n) is 3.19. The molecule has 4 heteroatoms. The molecule has 58 valence electrons. The minimum absolute atomic E-state index is 0.0791. The van der Waals surface area contributed by atoms with Crippen LogP contribution in [-0.2, 0) is 6.42 Å². The van der Waals surface area contributed by atoms with Crippen LogP contribution in [0.25, 0.3) is 0 Å². The highest BCUT2D eigenvalue weighted by Gasteiger charge is 2.06. The lowest BCUT2D eigenvalue weighted by atomic mass is 10.1. The molecule has 0 aromatic carbocycles. The van der Waals surface area contributed by atoms with Gasteiger partial charge in [-0.05, 0) is 6.42 Å². The Morgan fingerprint density at radius 1 is 1.82 bits per heavy atom. The zero-order valence-electron chi connectivity index (χ0n) is 5.83. The molecule has 0 saturated heterocycles. The van der Waals surface area contributed by atoms with Gasteiger partial charge in [0.05, 0.1) is 17.5 Å². The van der Waals surface area contributed by atoms with E-state index in [2.05, 4.69) is 27.0 Å². The number of hydrogen-bond acceptors (Lipinski definition) is 3. The zero-order valence-corrected chi connectivity index (χ0v) is 8.23. The van der Waals surface area contributed by atoms with Crippen LogP contribution < -0.4 is 0 Å². The maximum Gasteiger partial charge on any atom is 0.0794 e. The van der Waals surface area contributed by atoms with E-state index in [4.69, 9.17) is 5.26 Å². The Bertz CT molecular complexity index is 239. The Morgan fingerprint density at radius 2 is 2.64 bits per heavy atom. The van der Waals surface area contributed by atoms with Gasteiger partial charge in [0.15, 0.2) is 0 Å². The van der Waals surface area contributed by atoms with Gasteiger partial charge in [0.25, 0.3) is 0 Å². The summed E-state index contributed by atoms with van der Waals surface area (Å²) >= 11 is 4.88. The molecule has 2 nitrogen and oxygen atoms in total. The summed E-state index contributed by atoms with van der Waals surface area (Å²) < 4.78 is 0. The molecule has 0 spiro atoms. The van der Waals surface area contributed by atoms with Crippen molar-refractivity contribution < 1.29 is 0 Å². The van der Waals surface area contributed by atoms with Crippen LogP contribution in [0.15, 0.2) is 11.7 Å². The summed E-state index contributed by atoms with van der Waals surface area (Å²) in [6.07, 6.45) is 2.63. The number of nitrogens with zero attached hydrogens (tertiary/aromatic N) is 2. The largest absolute Gasteiger partial charge is 0.253 e. The zero-order chi connectivity index (χ0) is 8.10. The second-order valence-electron chi connectivity index (χ2n) is 2.15. The molecule has 0 bridgehead atoms. The summed E-state index contributed by atoms with van der Waals surface area (Å²) in [5.41, 5.74) is 1.79. The molecule has 0 N–H and O–H groups in total. The summed E-state index contributed by atoms with van der Waals surface area (Å²) in [6.45, 7) is 0. The molecule has 1 unspecified atom stereocenters. The molecule has 0 aliphatic carbocycles. The van der Waals surface area contributed by atoms with Gasteiger partial charge >= 0.3 is 0 Å². The first-order valence-corrected chi connectivity index (χ1v) is 5.20. The maximum absolute atomic E-state index is 8.63. The second-order valence-corrected chi connectivity index (χ2v) is 3.77. The highest BCUT2D eigenvalue weighted by molar-refractivity contribution is 9.09. The summed E-state index contributed by atoms with van der Waals surface area (Å²) in [5.74, 6) is 0.0791. The Hall–Kier alpha value is -0.400. The number of halogens is 1. The molecule has 1 aromatic heterocycles. The molecule has 1 heterocycles. The molecule has 0 saturated carbocycles. The highest BCUT2D eigenvalue weighted by Crippen LogP contribution is 2.13. The normalized spacial score (nSPS) is 12.4. The minimum atomic E-state index is 0.0791. The van der Waals surface area contributed by atoms with Gasteiger partial charge < -0.3 is 0 Å². The minimum Gasteiger partial charge on any atom is -0.253 e. The van der Waals surface area contributed by atoms with Crippen molar-refractivity contribution in [2.45, 2.75) is 6.42 Å². The Balaban J connectivity index is 2.49. The second kappa shape index (κ2) is 4.47. The van der Waals surface area contributed by atoms with E-state index in [1.165, 1.54) is 4.88 Å². The standard InChI is InChI=1S/C7H7BrN2S/c8-2-6(3-9)1-7-4-10-5-11-7/h4-6H,1-2H2. The molecule has 1 aromatic rings. The molecular formula is C7H7BrN2S. The Morgan fingerprint density at radius 3 is 3.09 bits per heavy atom. The number of thiazole rings is 1. The van der Waals surface area contributed by atoms with Crippen molar-refractivity contribution >= 4 is 27.3 Å². The average Bonchev–Trinajstić information content (AvgIpc) is 2.52. The first-order chi connectivity index (χ1) is 5.36. The molecular weight excluding hydrogens is 224 g/mol. The fourth-order valence-corrected chi connectivity index (χ4v) is 1.77. The fourth-order valence-electron chi connectivity index (χ4n) is 0.720. The number of nitriles is 1. The number of alkyl halides is 1. The van der Waals surface area contributed by atoms with Crippen molar-refractivity contribution in [3.8, 4) is 6.07 Å². The van der Waals surface area contributed by atoms with Gasteiger partial charge in [-0.2, -0.15) is 5.26 Å². The smallest absolute Gasteiger partial charge is 0.0794 e. The molecule has 0 fully saturated rings. The van der Waals surface area contributed by atoms with E-state index in [9.17, 15) is 0 Å². The van der Waals surface area contributed by atoms with E-state index in [-0.39, 0.29) is 5.92 Å². The van der Waals surface area contributed by atoms with E-state index in [1.54, 1.807) is 16.8 Å². The Labute approximate surface area is 78.0 Å². The van der Waals surface area contributed by atoms with Crippen molar-refractivity contribution in [3.05, 3.63) is 16.6 Å². The SMILES string of the molecule is N#CC(CBr)Cc1cncs1. The van der Waals surface area contributed by atoms with Crippen LogP contribution in [0.4, 0.5) is 0 Å². The van der Waals surface area contributed by atoms with E-state index in [1.807, 2.05) is 6.20 Å². The van der Waals surface area contributed by atoms with Crippen molar-refractivity contribution in [2.75, 3.05) is 5.33 Å². The molecule has 0 amide bonds. The quantitative estimate of drug-likeness (QED) is 0.748. The van der Waals surface area contributed by atoms with Crippen molar-refractivity contribution in [2.24, 2.45) is 5.92 Å². The Kier molecular flexibility index (Phi) is 3.53. The molecule has 0 aliphatic rings. The summed E-state index contributed by atoms with van der Waals surface area (Å²) in [5, 5.41) is 9.37. The molecule has 11 heavy (non-hydrogen) atoms. The lowest BCUT2D eigenvalue weighted by molar-refractivity contribution is 0.765. The van der Waals surface area contributed by atoms with Gasteiger partial charge in [-0.3, -0.25) is 4.98 Å². The third kappa shape index (κ3) is 2.60. The predicted molar refractivity (Wildman–Crippen MR) is 48.7 cm³/mol. The van der Waals surface area contributed by atoms with E-state index >= 15 is 0 Å². The average molecular weight is 231 g/mol. The van der Waals surface area contributed by atoms with Crippen LogP contribution in [0, 0.1) is 17.2 Å². The lowest BCUT2D eigenvalue weighted by Crippen LogP contribution is -2.00. The topological polar surface area (TPSA) is 36.7 Å². The molecule has 1 atom stereocenters. The van der Waals surface area contributed by atoms with E-state index in [0.717, 1.165) is 11.8 Å². The molecule has 0 aliphatic heterocycles. The van der Waals surface area contributed by atoms with Crippen LogP contribution in [0.1, 0.15) is 4.88 Å². The maximum atomic E-state index is 8.63. The van der Waals surface area contributed by atoms with Gasteiger partial charge in [0, 0.05) is 16.4 Å². The van der Waals surface area contributed by atoms with Crippen LogP contribution in [-0.4, -0.2) is 10.3 Å². The summed E-state index contributed by atoms with van der Waals surface area (Å²) in [6, 6.07) is 2.22. The van der Waals surface area contributed by atoms with E-state index in [0.29, 0.717) is 0 Å². The fraction of sp³-hybridized carbons (Fsp3) is 0.429. The predicted octanol–water partition coefficient (Wildman–Crippen LogP) is 2.22.